The van der Waals surface area contributed by atoms with E-state index < -0.39 is 0 Å². The SMILES string of the molecule is C[C@@H]1CC[C@@H](C(N)=O)CN1C(=O)COC1CCCC1. The largest absolute Gasteiger partial charge is 0.369 e. The van der Waals surface area contributed by atoms with E-state index in [1.54, 1.807) is 4.90 Å². The Morgan fingerprint density at radius 2 is 1.89 bits per heavy atom. The van der Waals surface area contributed by atoms with Crippen molar-refractivity contribution in [1.29, 1.82) is 0 Å². The molecule has 1 saturated carbocycles. The number of piperidine rings is 1. The summed E-state index contributed by atoms with van der Waals surface area (Å²) in [5, 5.41) is 0. The lowest BCUT2D eigenvalue weighted by molar-refractivity contribution is -0.143. The first-order valence-corrected chi connectivity index (χ1v) is 7.28. The molecule has 0 unspecified atom stereocenters. The van der Waals surface area contributed by atoms with E-state index in [9.17, 15) is 9.59 Å². The number of carbonyl (C=O) groups is 2. The Kier molecular flexibility index (Phi) is 4.80. The van der Waals surface area contributed by atoms with Crippen molar-refractivity contribution in [1.82, 2.24) is 4.90 Å². The van der Waals surface area contributed by atoms with Gasteiger partial charge in [0.15, 0.2) is 0 Å². The molecule has 1 aliphatic heterocycles. The molecule has 2 atom stereocenters. The molecule has 1 aliphatic carbocycles. The Morgan fingerprint density at radius 3 is 2.53 bits per heavy atom. The number of primary amides is 1. The third-order valence-corrected chi connectivity index (χ3v) is 4.35. The minimum Gasteiger partial charge on any atom is -0.369 e. The van der Waals surface area contributed by atoms with Crippen LogP contribution in [0.3, 0.4) is 0 Å². The zero-order valence-corrected chi connectivity index (χ0v) is 11.6. The maximum absolute atomic E-state index is 12.2. The highest BCUT2D eigenvalue weighted by molar-refractivity contribution is 5.81. The summed E-state index contributed by atoms with van der Waals surface area (Å²) in [6, 6.07) is 0.176. The van der Waals surface area contributed by atoms with Gasteiger partial charge in [-0.1, -0.05) is 12.8 Å². The fraction of sp³-hybridized carbons (Fsp3) is 0.857. The number of likely N-dealkylation sites (tertiary alicyclic amines) is 1. The summed E-state index contributed by atoms with van der Waals surface area (Å²) in [6.45, 7) is 2.61. The summed E-state index contributed by atoms with van der Waals surface area (Å²) in [6.07, 6.45) is 6.38. The minimum atomic E-state index is -0.304. The molecule has 2 aliphatic rings. The lowest BCUT2D eigenvalue weighted by Crippen LogP contribution is -2.49. The van der Waals surface area contributed by atoms with Gasteiger partial charge < -0.3 is 15.4 Å². The van der Waals surface area contributed by atoms with Gasteiger partial charge in [-0.25, -0.2) is 0 Å². The predicted molar refractivity (Wildman–Crippen MR) is 71.3 cm³/mol. The first kappa shape index (κ1) is 14.3. The molecule has 0 aromatic carbocycles. The molecule has 108 valence electrons. The quantitative estimate of drug-likeness (QED) is 0.828. The van der Waals surface area contributed by atoms with Crippen molar-refractivity contribution < 1.29 is 14.3 Å². The molecule has 2 fully saturated rings. The molecule has 2 amide bonds. The van der Waals surface area contributed by atoms with Gasteiger partial charge in [-0.2, -0.15) is 0 Å². The smallest absolute Gasteiger partial charge is 0.248 e. The Labute approximate surface area is 114 Å². The Balaban J connectivity index is 1.83. The van der Waals surface area contributed by atoms with Gasteiger partial charge in [-0.3, -0.25) is 9.59 Å². The second kappa shape index (κ2) is 6.37. The van der Waals surface area contributed by atoms with E-state index in [0.29, 0.717) is 6.54 Å². The molecule has 0 aromatic heterocycles. The van der Waals surface area contributed by atoms with E-state index >= 15 is 0 Å². The first-order chi connectivity index (χ1) is 9.08. The fourth-order valence-electron chi connectivity index (χ4n) is 3.01. The van der Waals surface area contributed by atoms with E-state index in [2.05, 4.69) is 0 Å². The molecule has 0 radical (unpaired) electrons. The molecule has 5 heteroatoms. The topological polar surface area (TPSA) is 72.6 Å². The fourth-order valence-corrected chi connectivity index (χ4v) is 3.01. The number of amides is 2. The summed E-state index contributed by atoms with van der Waals surface area (Å²) in [7, 11) is 0. The van der Waals surface area contributed by atoms with Crippen molar-refractivity contribution in [3.8, 4) is 0 Å². The van der Waals surface area contributed by atoms with Crippen molar-refractivity contribution in [3.05, 3.63) is 0 Å². The van der Waals surface area contributed by atoms with E-state index in [1.807, 2.05) is 6.92 Å². The number of ether oxygens (including phenoxy) is 1. The van der Waals surface area contributed by atoms with E-state index in [1.165, 1.54) is 12.8 Å². The summed E-state index contributed by atoms with van der Waals surface area (Å²) >= 11 is 0. The standard InChI is InChI=1S/C14H24N2O3/c1-10-6-7-11(14(15)18)8-16(10)13(17)9-19-12-4-2-3-5-12/h10-12H,2-9H2,1H3,(H2,15,18)/t10-,11-/m1/s1. The highest BCUT2D eigenvalue weighted by Gasteiger charge is 2.31. The van der Waals surface area contributed by atoms with Crippen LogP contribution in [-0.2, 0) is 14.3 Å². The number of hydrogen-bond donors (Lipinski definition) is 1. The normalized spacial score (nSPS) is 28.6. The number of nitrogens with two attached hydrogens (primary N) is 1. The van der Waals surface area contributed by atoms with Crippen molar-refractivity contribution in [2.75, 3.05) is 13.2 Å². The van der Waals surface area contributed by atoms with Crippen LogP contribution in [0.25, 0.3) is 0 Å². The number of nitrogens with zero attached hydrogens (tertiary/aromatic N) is 1. The second-order valence-corrected chi connectivity index (χ2v) is 5.79. The van der Waals surface area contributed by atoms with Crippen molar-refractivity contribution in [3.63, 3.8) is 0 Å². The van der Waals surface area contributed by atoms with Gasteiger partial charge >= 0.3 is 0 Å². The van der Waals surface area contributed by atoms with Crippen LogP contribution in [-0.4, -0.2) is 42.0 Å². The Bertz CT molecular complexity index is 340. The van der Waals surface area contributed by atoms with Crippen LogP contribution in [0, 0.1) is 5.92 Å². The monoisotopic (exact) mass is 268 g/mol. The van der Waals surface area contributed by atoms with Crippen LogP contribution in [0.4, 0.5) is 0 Å². The van der Waals surface area contributed by atoms with E-state index in [-0.39, 0.29) is 36.5 Å². The highest BCUT2D eigenvalue weighted by Crippen LogP contribution is 2.23. The Hall–Kier alpha value is -1.10. The van der Waals surface area contributed by atoms with E-state index in [0.717, 1.165) is 25.7 Å². The third kappa shape index (κ3) is 3.69. The molecule has 1 heterocycles. The predicted octanol–water partition coefficient (Wildman–Crippen LogP) is 1.06. The van der Waals surface area contributed by atoms with Gasteiger partial charge in [-0.15, -0.1) is 0 Å². The maximum Gasteiger partial charge on any atom is 0.248 e. The van der Waals surface area contributed by atoms with Crippen LogP contribution in [0.1, 0.15) is 45.4 Å². The summed E-state index contributed by atoms with van der Waals surface area (Å²) < 4.78 is 5.65. The lowest BCUT2D eigenvalue weighted by atomic mass is 9.93. The molecule has 0 spiro atoms. The molecule has 19 heavy (non-hydrogen) atoms. The van der Waals surface area contributed by atoms with Crippen LogP contribution < -0.4 is 5.73 Å². The average molecular weight is 268 g/mol. The zero-order valence-electron chi connectivity index (χ0n) is 11.6. The number of carbonyl (C=O) groups excluding carboxylic acids is 2. The van der Waals surface area contributed by atoms with Crippen LogP contribution in [0.5, 0.6) is 0 Å². The second-order valence-electron chi connectivity index (χ2n) is 5.79. The van der Waals surface area contributed by atoms with Gasteiger partial charge in [0.2, 0.25) is 11.8 Å². The lowest BCUT2D eigenvalue weighted by Gasteiger charge is -2.37. The molecular weight excluding hydrogens is 244 g/mol. The number of hydrogen-bond acceptors (Lipinski definition) is 3. The zero-order chi connectivity index (χ0) is 13.8. The van der Waals surface area contributed by atoms with E-state index in [4.69, 9.17) is 10.5 Å². The minimum absolute atomic E-state index is 0.00894. The molecule has 2 rings (SSSR count). The molecular formula is C14H24N2O3. The van der Waals surface area contributed by atoms with Gasteiger partial charge in [0.05, 0.1) is 12.0 Å². The summed E-state index contributed by atoms with van der Waals surface area (Å²) in [5.41, 5.74) is 5.34. The third-order valence-electron chi connectivity index (χ3n) is 4.35. The molecule has 1 saturated heterocycles. The van der Waals surface area contributed by atoms with Gasteiger partial charge in [-0.05, 0) is 32.6 Å². The van der Waals surface area contributed by atoms with Gasteiger partial charge in [0.25, 0.3) is 0 Å². The van der Waals surface area contributed by atoms with Crippen molar-refractivity contribution in [2.24, 2.45) is 11.7 Å². The highest BCUT2D eigenvalue weighted by atomic mass is 16.5. The molecule has 0 bridgehead atoms. The van der Waals surface area contributed by atoms with Gasteiger partial charge in [0, 0.05) is 12.6 Å². The number of rotatable bonds is 4. The van der Waals surface area contributed by atoms with Crippen molar-refractivity contribution >= 4 is 11.8 Å². The summed E-state index contributed by atoms with van der Waals surface area (Å²) in [4.78, 5) is 25.2. The first-order valence-electron chi connectivity index (χ1n) is 7.28. The summed E-state index contributed by atoms with van der Waals surface area (Å²) in [5.74, 6) is -0.515. The van der Waals surface area contributed by atoms with Crippen LogP contribution in [0.2, 0.25) is 0 Å². The van der Waals surface area contributed by atoms with Crippen LogP contribution in [0.15, 0.2) is 0 Å². The van der Waals surface area contributed by atoms with Crippen LogP contribution >= 0.6 is 0 Å². The van der Waals surface area contributed by atoms with Gasteiger partial charge in [0.1, 0.15) is 6.61 Å². The Morgan fingerprint density at radius 1 is 1.21 bits per heavy atom. The average Bonchev–Trinajstić information content (AvgIpc) is 2.89. The molecule has 2 N–H and O–H groups in total. The maximum atomic E-state index is 12.2. The molecule has 5 nitrogen and oxygen atoms in total. The van der Waals surface area contributed by atoms with Crippen molar-refractivity contribution in [2.45, 2.75) is 57.6 Å². The molecule has 0 aromatic rings.